The van der Waals surface area contributed by atoms with Crippen molar-refractivity contribution >= 4 is 40.9 Å². The van der Waals surface area contributed by atoms with Gasteiger partial charge in [0.15, 0.2) is 23.0 Å². The van der Waals surface area contributed by atoms with Gasteiger partial charge in [-0.3, -0.25) is 14.4 Å². The number of hydrogen-bond acceptors (Lipinski definition) is 8. The molecule has 1 aromatic heterocycles. The summed E-state index contributed by atoms with van der Waals surface area (Å²) >= 11 is 12.9. The highest BCUT2D eigenvalue weighted by atomic mass is 35.5. The number of pyridine rings is 1. The lowest BCUT2D eigenvalue weighted by Crippen LogP contribution is -2.28. The number of hydrogen-bond donors (Lipinski definition) is 0. The van der Waals surface area contributed by atoms with Crippen LogP contribution in [0, 0.1) is 19.8 Å². The van der Waals surface area contributed by atoms with E-state index < -0.39 is 36.5 Å². The molecule has 10 heteroatoms. The van der Waals surface area contributed by atoms with Crippen molar-refractivity contribution in [2.45, 2.75) is 53.1 Å². The maximum Gasteiger partial charge on any atom is 0.309 e. The van der Waals surface area contributed by atoms with Gasteiger partial charge in [0.1, 0.15) is 6.10 Å². The van der Waals surface area contributed by atoms with Crippen LogP contribution in [0.3, 0.4) is 0 Å². The number of benzene rings is 2. The molecular weight excluding hydrogens is 569 g/mol. The van der Waals surface area contributed by atoms with E-state index in [1.54, 1.807) is 13.8 Å². The highest BCUT2D eigenvalue weighted by molar-refractivity contribution is 6.31. The molecular formula is C31H33Cl2NO7. The number of aromatic nitrogens is 1. The van der Waals surface area contributed by atoms with Crippen LogP contribution in [0.2, 0.25) is 10.0 Å². The van der Waals surface area contributed by atoms with Crippen LogP contribution >= 0.6 is 23.2 Å². The van der Waals surface area contributed by atoms with Gasteiger partial charge in [-0.1, -0.05) is 54.4 Å². The lowest BCUT2D eigenvalue weighted by Gasteiger charge is -2.27. The van der Waals surface area contributed by atoms with Gasteiger partial charge in [0.25, 0.3) is 0 Å². The molecule has 2 aromatic carbocycles. The van der Waals surface area contributed by atoms with E-state index in [-0.39, 0.29) is 29.5 Å². The van der Waals surface area contributed by atoms with Crippen molar-refractivity contribution in [3.63, 3.8) is 0 Å². The molecule has 3 aromatic rings. The average molecular weight is 603 g/mol. The van der Waals surface area contributed by atoms with Crippen molar-refractivity contribution in [3.05, 3.63) is 86.7 Å². The summed E-state index contributed by atoms with van der Waals surface area (Å²) in [5.41, 5.74) is 3.52. The second-order valence-corrected chi connectivity index (χ2v) is 10.6. The molecule has 0 unspecified atom stereocenters. The lowest BCUT2D eigenvalue weighted by atomic mass is 9.86. The molecule has 0 aliphatic carbocycles. The first-order valence-electron chi connectivity index (χ1n) is 13.0. The molecule has 1 heterocycles. The summed E-state index contributed by atoms with van der Waals surface area (Å²) in [6, 6.07) is 13.0. The van der Waals surface area contributed by atoms with Gasteiger partial charge in [0.2, 0.25) is 6.79 Å². The summed E-state index contributed by atoms with van der Waals surface area (Å²) in [5, 5.41) is 1.20. The first-order valence-corrected chi connectivity index (χ1v) is 13.7. The predicted molar refractivity (Wildman–Crippen MR) is 156 cm³/mol. The van der Waals surface area contributed by atoms with Gasteiger partial charge >= 0.3 is 11.9 Å². The molecule has 0 saturated heterocycles. The number of nitrogens with zero attached hydrogens (tertiary/aromatic N) is 1. The molecule has 0 spiro atoms. The third kappa shape index (κ3) is 8.21. The van der Waals surface area contributed by atoms with Gasteiger partial charge < -0.3 is 18.9 Å². The first-order chi connectivity index (χ1) is 19.4. The fourth-order valence-electron chi connectivity index (χ4n) is 4.27. The molecule has 0 radical (unpaired) electrons. The van der Waals surface area contributed by atoms with Gasteiger partial charge in [-0.05, 0) is 55.2 Å². The zero-order valence-electron chi connectivity index (χ0n) is 23.8. The Balaban J connectivity index is 1.80. The number of carbonyl (C=O) groups is 3. The summed E-state index contributed by atoms with van der Waals surface area (Å²) in [4.78, 5) is 41.7. The molecule has 0 N–H and O–H groups in total. The fourth-order valence-corrected chi connectivity index (χ4v) is 4.64. The molecule has 41 heavy (non-hydrogen) atoms. The number of methoxy groups -OCH3 is 1. The zero-order valence-corrected chi connectivity index (χ0v) is 25.3. The second-order valence-electron chi connectivity index (χ2n) is 9.75. The van der Waals surface area contributed by atoms with Crippen LogP contribution in [0.25, 0.3) is 0 Å². The van der Waals surface area contributed by atoms with E-state index in [9.17, 15) is 14.4 Å². The quantitative estimate of drug-likeness (QED) is 0.126. The Morgan fingerprint density at radius 2 is 1.51 bits per heavy atom. The number of ketones is 1. The van der Waals surface area contributed by atoms with Crippen LogP contribution in [0.4, 0.5) is 0 Å². The lowest BCUT2D eigenvalue weighted by molar-refractivity contribution is -0.153. The van der Waals surface area contributed by atoms with Crippen LogP contribution in [-0.4, -0.2) is 42.7 Å². The number of ether oxygens (including phenoxy) is 4. The Kier molecular flexibility index (Phi) is 11.1. The topological polar surface area (TPSA) is 101 Å². The van der Waals surface area contributed by atoms with E-state index in [0.29, 0.717) is 10.0 Å². The minimum atomic E-state index is -0.803. The minimum Gasteiger partial charge on any atom is -0.493 e. The summed E-state index contributed by atoms with van der Waals surface area (Å²) in [7, 11) is 1.41. The normalized spacial score (nSPS) is 12.4. The van der Waals surface area contributed by atoms with E-state index in [1.165, 1.54) is 26.3 Å². The van der Waals surface area contributed by atoms with Crippen LogP contribution in [0.15, 0.2) is 48.7 Å². The van der Waals surface area contributed by atoms with Gasteiger partial charge in [0.05, 0.1) is 13.0 Å². The smallest absolute Gasteiger partial charge is 0.309 e. The third-order valence-electron chi connectivity index (χ3n) is 6.59. The Bertz CT molecular complexity index is 1370. The van der Waals surface area contributed by atoms with Crippen LogP contribution < -0.4 is 9.47 Å². The van der Waals surface area contributed by atoms with Gasteiger partial charge in [-0.2, -0.15) is 0 Å². The van der Waals surface area contributed by atoms with Crippen LogP contribution in [0.5, 0.6) is 11.5 Å². The monoisotopic (exact) mass is 601 g/mol. The molecule has 0 aliphatic rings. The minimum absolute atomic E-state index is 0.0164. The largest absolute Gasteiger partial charge is 0.493 e. The summed E-state index contributed by atoms with van der Waals surface area (Å²) in [6.07, 6.45) is 0.572. The molecule has 0 aliphatic heterocycles. The number of carbonyl (C=O) groups excluding carboxylic acids is 3. The van der Waals surface area contributed by atoms with Gasteiger partial charge in [-0.25, -0.2) is 4.98 Å². The maximum atomic E-state index is 13.2. The predicted octanol–water partition coefficient (Wildman–Crippen LogP) is 6.89. The number of aryl methyl sites for hydroxylation is 2. The third-order valence-corrected chi connectivity index (χ3v) is 7.41. The average Bonchev–Trinajstić information content (AvgIpc) is 2.92. The SMILES string of the molecule is COc1ccnc(C(=O)C[C@@H](C)C(=O)O[C@@H](C)C(c2ccc(C)c(Cl)c2)c2ccc(C)c(Cl)c2)c1OCOC(C)=O. The summed E-state index contributed by atoms with van der Waals surface area (Å²) in [5.74, 6) is -2.49. The van der Waals surface area contributed by atoms with Gasteiger partial charge in [-0.15, -0.1) is 0 Å². The Morgan fingerprint density at radius 3 is 2.02 bits per heavy atom. The standard InChI is InChI=1S/C31H33Cl2NO7/c1-17-7-9-22(14-24(17)32)28(23-10-8-18(2)25(33)15-23)20(4)41-31(37)19(3)13-26(36)29-30(40-16-39-21(5)35)27(38-6)11-12-34-29/h7-12,14-15,19-20,28H,13,16H2,1-6H3/t19-,20+/m1/s1. The molecule has 8 nitrogen and oxygen atoms in total. The van der Waals surface area contributed by atoms with Crippen molar-refractivity contribution in [3.8, 4) is 11.5 Å². The first kappa shape index (κ1) is 31.9. The summed E-state index contributed by atoms with van der Waals surface area (Å²) < 4.78 is 21.5. The Labute approximate surface area is 249 Å². The molecule has 0 fully saturated rings. The van der Waals surface area contributed by atoms with E-state index in [0.717, 1.165) is 22.3 Å². The van der Waals surface area contributed by atoms with Crippen molar-refractivity contribution in [2.24, 2.45) is 5.92 Å². The Hall–Kier alpha value is -3.62. The van der Waals surface area contributed by atoms with E-state index in [1.807, 2.05) is 50.2 Å². The molecule has 0 saturated carbocycles. The fraction of sp³-hybridized carbons (Fsp3) is 0.355. The van der Waals surface area contributed by atoms with Crippen molar-refractivity contribution < 1.29 is 33.3 Å². The number of esters is 2. The second kappa shape index (κ2) is 14.3. The number of rotatable bonds is 12. The zero-order chi connectivity index (χ0) is 30.3. The highest BCUT2D eigenvalue weighted by Gasteiger charge is 2.30. The van der Waals surface area contributed by atoms with Gasteiger partial charge in [0, 0.05) is 41.6 Å². The molecule has 0 bridgehead atoms. The van der Waals surface area contributed by atoms with Crippen LogP contribution in [-0.2, 0) is 19.1 Å². The number of Topliss-reactive ketones (excluding diaryl/α,β-unsaturated/α-hetero) is 1. The van der Waals surface area contributed by atoms with Crippen molar-refractivity contribution in [1.82, 2.24) is 4.98 Å². The van der Waals surface area contributed by atoms with E-state index in [4.69, 9.17) is 42.1 Å². The summed E-state index contributed by atoms with van der Waals surface area (Å²) in [6.45, 7) is 8.03. The molecule has 218 valence electrons. The molecule has 0 amide bonds. The van der Waals surface area contributed by atoms with Crippen molar-refractivity contribution in [2.75, 3.05) is 13.9 Å². The molecule has 2 atom stereocenters. The van der Waals surface area contributed by atoms with Crippen molar-refractivity contribution in [1.29, 1.82) is 0 Å². The van der Waals surface area contributed by atoms with E-state index in [2.05, 4.69) is 4.98 Å². The van der Waals surface area contributed by atoms with Crippen LogP contribution in [0.1, 0.15) is 65.9 Å². The molecule has 3 rings (SSSR count). The highest BCUT2D eigenvalue weighted by Crippen LogP contribution is 2.35. The number of halogens is 2. The van der Waals surface area contributed by atoms with E-state index >= 15 is 0 Å². The Morgan fingerprint density at radius 1 is 0.927 bits per heavy atom. The maximum absolute atomic E-state index is 13.2.